The molecule has 0 spiro atoms. The van der Waals surface area contributed by atoms with E-state index in [2.05, 4.69) is 5.32 Å². The molecule has 3 amide bonds. The van der Waals surface area contributed by atoms with Gasteiger partial charge in [-0.15, -0.1) is 0 Å². The Hall–Kier alpha value is -3.10. The molecule has 9 nitrogen and oxygen atoms in total. The van der Waals surface area contributed by atoms with E-state index in [0.29, 0.717) is 6.42 Å². The summed E-state index contributed by atoms with van der Waals surface area (Å²) in [4.78, 5) is 53.3. The lowest BCUT2D eigenvalue weighted by atomic mass is 10.00. The molecule has 0 saturated carbocycles. The average Bonchev–Trinajstić information content (AvgIpc) is 2.70. The first-order valence-corrected chi connectivity index (χ1v) is 10.8. The molecule has 2 atom stereocenters. The molecule has 9 heteroatoms. The smallest absolute Gasteiger partial charge is 0.408 e. The van der Waals surface area contributed by atoms with Crippen LogP contribution in [-0.2, 0) is 30.3 Å². The van der Waals surface area contributed by atoms with E-state index in [1.54, 1.807) is 34.6 Å². The summed E-state index contributed by atoms with van der Waals surface area (Å²) >= 11 is 0. The number of esters is 1. The minimum Gasteiger partial charge on any atom is -0.465 e. The van der Waals surface area contributed by atoms with E-state index in [4.69, 9.17) is 9.47 Å². The summed E-state index contributed by atoms with van der Waals surface area (Å²) in [6.07, 6.45) is -0.408. The van der Waals surface area contributed by atoms with Crippen LogP contribution in [0.1, 0.15) is 40.2 Å². The zero-order chi connectivity index (χ0) is 23.9. The molecule has 1 aliphatic heterocycles. The summed E-state index contributed by atoms with van der Waals surface area (Å²) in [5, 5.41) is 2.54. The minimum absolute atomic E-state index is 0.161. The molecule has 1 aromatic carbocycles. The third kappa shape index (κ3) is 7.25. The Morgan fingerprint density at radius 1 is 1.16 bits per heavy atom. The second kappa shape index (κ2) is 11.0. The highest BCUT2D eigenvalue weighted by atomic mass is 16.6. The lowest BCUT2D eigenvalue weighted by molar-refractivity contribution is -0.157. The van der Waals surface area contributed by atoms with Crippen LogP contribution in [0.3, 0.4) is 0 Å². The van der Waals surface area contributed by atoms with Crippen LogP contribution in [-0.4, -0.2) is 77.6 Å². The van der Waals surface area contributed by atoms with Gasteiger partial charge in [-0.25, -0.2) is 4.79 Å². The number of nitrogens with one attached hydrogen (secondary N) is 1. The molecule has 2 rings (SSSR count). The van der Waals surface area contributed by atoms with Gasteiger partial charge in [0.2, 0.25) is 11.8 Å². The van der Waals surface area contributed by atoms with Crippen LogP contribution in [0.15, 0.2) is 30.3 Å². The summed E-state index contributed by atoms with van der Waals surface area (Å²) in [5.74, 6) is -1.20. The third-order valence-corrected chi connectivity index (χ3v) is 4.87. The van der Waals surface area contributed by atoms with E-state index in [-0.39, 0.29) is 38.1 Å². The van der Waals surface area contributed by atoms with Crippen LogP contribution < -0.4 is 5.32 Å². The first-order valence-electron chi connectivity index (χ1n) is 10.8. The van der Waals surface area contributed by atoms with Crippen molar-refractivity contribution in [2.45, 2.75) is 58.7 Å². The molecule has 32 heavy (non-hydrogen) atoms. The van der Waals surface area contributed by atoms with Crippen molar-refractivity contribution in [3.8, 4) is 0 Å². The number of ether oxygens (including phenoxy) is 2. The van der Waals surface area contributed by atoms with Crippen molar-refractivity contribution in [1.82, 2.24) is 15.1 Å². The molecule has 1 aromatic rings. The zero-order valence-electron chi connectivity index (χ0n) is 19.4. The molecule has 1 heterocycles. The summed E-state index contributed by atoms with van der Waals surface area (Å²) in [6.45, 7) is 8.96. The Bertz CT molecular complexity index is 821. The maximum Gasteiger partial charge on any atom is 0.408 e. The largest absolute Gasteiger partial charge is 0.465 e. The molecular weight excluding hydrogens is 414 g/mol. The van der Waals surface area contributed by atoms with E-state index in [9.17, 15) is 19.2 Å². The minimum atomic E-state index is -0.882. The van der Waals surface area contributed by atoms with Gasteiger partial charge in [0, 0.05) is 19.5 Å². The standard InChI is InChI=1S/C23H33N3O6/c1-6-31-19(27)15-25-12-13-26(18(21(25)29)14-17-10-8-7-9-11-17)20(28)16(2)24-22(30)32-23(3,4)5/h7-11,16,18H,6,12-15H2,1-5H3,(H,24,30)/t16-,18+/m1/s1. The predicted octanol–water partition coefficient (Wildman–Crippen LogP) is 1.74. The Labute approximate surface area is 189 Å². The monoisotopic (exact) mass is 447 g/mol. The number of hydrogen-bond acceptors (Lipinski definition) is 6. The SMILES string of the molecule is CCOC(=O)CN1CCN(C(=O)[C@@H](C)NC(=O)OC(C)(C)C)[C@@H](Cc2ccccc2)C1=O. The zero-order valence-corrected chi connectivity index (χ0v) is 19.4. The Balaban J connectivity index is 2.17. The quantitative estimate of drug-likeness (QED) is 0.639. The molecule has 1 fully saturated rings. The van der Waals surface area contributed by atoms with Crippen molar-refractivity contribution in [1.29, 1.82) is 0 Å². The summed E-state index contributed by atoms with van der Waals surface area (Å²) in [6, 6.07) is 7.67. The highest BCUT2D eigenvalue weighted by Gasteiger charge is 2.40. The van der Waals surface area contributed by atoms with Crippen LogP contribution in [0, 0.1) is 0 Å². The van der Waals surface area contributed by atoms with Gasteiger partial charge >= 0.3 is 12.1 Å². The summed E-state index contributed by atoms with van der Waals surface area (Å²) in [7, 11) is 0. The number of nitrogens with zero attached hydrogens (tertiary/aromatic N) is 2. The van der Waals surface area contributed by atoms with E-state index in [1.165, 1.54) is 9.80 Å². The fraction of sp³-hybridized carbons (Fsp3) is 0.565. The maximum absolute atomic E-state index is 13.2. The molecule has 0 aromatic heterocycles. The van der Waals surface area contributed by atoms with Gasteiger partial charge in [0.15, 0.2) is 0 Å². The fourth-order valence-corrected chi connectivity index (χ4v) is 3.45. The predicted molar refractivity (Wildman–Crippen MR) is 118 cm³/mol. The van der Waals surface area contributed by atoms with Gasteiger partial charge in [0.05, 0.1) is 6.61 Å². The third-order valence-electron chi connectivity index (χ3n) is 4.87. The number of hydrogen-bond donors (Lipinski definition) is 1. The normalized spacial score (nSPS) is 17.5. The van der Waals surface area contributed by atoms with Crippen molar-refractivity contribution in [2.24, 2.45) is 0 Å². The van der Waals surface area contributed by atoms with Crippen molar-refractivity contribution < 1.29 is 28.7 Å². The summed E-state index contributed by atoms with van der Waals surface area (Å²) in [5.41, 5.74) is 0.187. The molecule has 1 N–H and O–H groups in total. The molecule has 1 aliphatic rings. The van der Waals surface area contributed by atoms with E-state index in [0.717, 1.165) is 5.56 Å². The van der Waals surface area contributed by atoms with Crippen LogP contribution in [0.4, 0.5) is 4.79 Å². The molecular formula is C23H33N3O6. The molecule has 0 unspecified atom stereocenters. The van der Waals surface area contributed by atoms with Gasteiger partial charge in [0.25, 0.3) is 0 Å². The first-order chi connectivity index (χ1) is 15.0. The number of carbonyl (C=O) groups is 4. The Kier molecular flexibility index (Phi) is 8.63. The van der Waals surface area contributed by atoms with Crippen LogP contribution in [0.2, 0.25) is 0 Å². The Morgan fingerprint density at radius 3 is 2.41 bits per heavy atom. The van der Waals surface area contributed by atoms with Gasteiger partial charge in [-0.3, -0.25) is 14.4 Å². The van der Waals surface area contributed by atoms with E-state index < -0.39 is 29.7 Å². The lowest BCUT2D eigenvalue weighted by Gasteiger charge is -2.41. The second-order valence-corrected chi connectivity index (χ2v) is 8.67. The van der Waals surface area contributed by atoms with Crippen LogP contribution >= 0.6 is 0 Å². The topological polar surface area (TPSA) is 105 Å². The number of benzene rings is 1. The van der Waals surface area contributed by atoms with Crippen LogP contribution in [0.5, 0.6) is 0 Å². The Morgan fingerprint density at radius 2 is 1.81 bits per heavy atom. The van der Waals surface area contributed by atoms with Crippen molar-refractivity contribution >= 4 is 23.9 Å². The number of carbonyl (C=O) groups excluding carboxylic acids is 4. The highest BCUT2D eigenvalue weighted by molar-refractivity contribution is 5.93. The van der Waals surface area contributed by atoms with Gasteiger partial charge in [-0.1, -0.05) is 30.3 Å². The molecule has 0 bridgehead atoms. The number of piperazine rings is 1. The van der Waals surface area contributed by atoms with Gasteiger partial charge in [-0.2, -0.15) is 0 Å². The van der Waals surface area contributed by atoms with Crippen molar-refractivity contribution in [3.63, 3.8) is 0 Å². The first kappa shape index (κ1) is 25.2. The molecule has 0 radical (unpaired) electrons. The molecule has 1 saturated heterocycles. The van der Waals surface area contributed by atoms with Crippen molar-refractivity contribution in [3.05, 3.63) is 35.9 Å². The number of rotatable bonds is 7. The van der Waals surface area contributed by atoms with Gasteiger partial charge in [-0.05, 0) is 40.2 Å². The highest BCUT2D eigenvalue weighted by Crippen LogP contribution is 2.18. The summed E-state index contributed by atoms with van der Waals surface area (Å²) < 4.78 is 10.2. The lowest BCUT2D eigenvalue weighted by Crippen LogP contribution is -2.63. The van der Waals surface area contributed by atoms with Crippen molar-refractivity contribution in [2.75, 3.05) is 26.2 Å². The van der Waals surface area contributed by atoms with Crippen LogP contribution in [0.25, 0.3) is 0 Å². The fourth-order valence-electron chi connectivity index (χ4n) is 3.45. The average molecular weight is 448 g/mol. The number of amides is 3. The second-order valence-electron chi connectivity index (χ2n) is 8.67. The van der Waals surface area contributed by atoms with Gasteiger partial charge < -0.3 is 24.6 Å². The molecule has 176 valence electrons. The maximum atomic E-state index is 13.2. The van der Waals surface area contributed by atoms with Gasteiger partial charge in [0.1, 0.15) is 24.2 Å². The number of alkyl carbamates (subject to hydrolysis) is 1. The van der Waals surface area contributed by atoms with E-state index in [1.807, 2.05) is 30.3 Å². The van der Waals surface area contributed by atoms with E-state index >= 15 is 0 Å². The molecule has 0 aliphatic carbocycles.